The lowest BCUT2D eigenvalue weighted by atomic mass is 9.99. The van der Waals surface area contributed by atoms with Crippen molar-refractivity contribution in [1.82, 2.24) is 9.97 Å². The molecule has 1 aromatic heterocycles. The molecule has 0 unspecified atom stereocenters. The molecule has 1 aliphatic rings. The fourth-order valence-electron chi connectivity index (χ4n) is 4.26. The maximum atomic E-state index is 5.95. The van der Waals surface area contributed by atoms with Gasteiger partial charge in [-0.2, -0.15) is 0 Å². The highest BCUT2D eigenvalue weighted by atomic mass is 16.8. The van der Waals surface area contributed by atoms with Crippen LogP contribution in [-0.4, -0.2) is 67.7 Å². The standard InChI is InChI=1S/C28H33N3O5/c1-6-34-25-24(32-4)19(3)35-28(26(25)33-5)36-31-15-20-9-13-22(14-10-20)27-29-16-23(17-30-27)21-11-7-18(2)8-12-21/h7-17,19,24-26,28H,6H2,1-5H3/b31-15+/t19-,24-,25+,26+,28-/m0/s1. The van der Waals surface area contributed by atoms with E-state index >= 15 is 0 Å². The van der Waals surface area contributed by atoms with Gasteiger partial charge in [-0.25, -0.2) is 9.97 Å². The Bertz CT molecular complexity index is 1120. The molecule has 3 aromatic rings. The van der Waals surface area contributed by atoms with Crippen LogP contribution in [0.4, 0.5) is 0 Å². The molecule has 2 aromatic carbocycles. The molecule has 0 saturated carbocycles. The minimum absolute atomic E-state index is 0.241. The molecule has 4 rings (SSSR count). The van der Waals surface area contributed by atoms with Crippen LogP contribution in [0.5, 0.6) is 0 Å². The van der Waals surface area contributed by atoms with Crippen molar-refractivity contribution in [3.05, 3.63) is 72.1 Å². The zero-order chi connectivity index (χ0) is 25.5. The first-order chi connectivity index (χ1) is 17.5. The highest BCUT2D eigenvalue weighted by Gasteiger charge is 2.47. The zero-order valence-corrected chi connectivity index (χ0v) is 21.3. The molecule has 190 valence electrons. The van der Waals surface area contributed by atoms with Crippen LogP contribution in [0.15, 0.2) is 66.1 Å². The number of rotatable bonds is 9. The van der Waals surface area contributed by atoms with E-state index in [1.165, 1.54) is 5.56 Å². The smallest absolute Gasteiger partial charge is 0.256 e. The van der Waals surface area contributed by atoms with Crippen LogP contribution in [-0.2, 0) is 23.8 Å². The van der Waals surface area contributed by atoms with E-state index in [0.29, 0.717) is 12.4 Å². The molecule has 8 heteroatoms. The number of methoxy groups -OCH3 is 2. The van der Waals surface area contributed by atoms with Gasteiger partial charge in [0, 0.05) is 44.3 Å². The predicted octanol–water partition coefficient (Wildman–Crippen LogP) is 4.65. The molecule has 1 aliphatic heterocycles. The van der Waals surface area contributed by atoms with Crippen molar-refractivity contribution in [3.63, 3.8) is 0 Å². The lowest BCUT2D eigenvalue weighted by Crippen LogP contribution is -2.59. The van der Waals surface area contributed by atoms with Crippen LogP contribution in [0, 0.1) is 6.92 Å². The molecule has 2 heterocycles. The molecular formula is C28H33N3O5. The van der Waals surface area contributed by atoms with Crippen LogP contribution in [0.2, 0.25) is 0 Å². The molecule has 0 N–H and O–H groups in total. The molecular weight excluding hydrogens is 458 g/mol. The molecule has 1 fully saturated rings. The van der Waals surface area contributed by atoms with Gasteiger partial charge in [-0.15, -0.1) is 0 Å². The average molecular weight is 492 g/mol. The van der Waals surface area contributed by atoms with E-state index in [1.807, 2.05) is 50.5 Å². The molecule has 0 spiro atoms. The summed E-state index contributed by atoms with van der Waals surface area (Å²) in [5, 5.41) is 4.14. The summed E-state index contributed by atoms with van der Waals surface area (Å²) in [6.07, 6.45) is 3.29. The average Bonchev–Trinajstić information content (AvgIpc) is 2.90. The Morgan fingerprint density at radius 3 is 2.11 bits per heavy atom. The van der Waals surface area contributed by atoms with Gasteiger partial charge in [-0.05, 0) is 31.9 Å². The van der Waals surface area contributed by atoms with Crippen molar-refractivity contribution in [1.29, 1.82) is 0 Å². The Kier molecular flexibility index (Phi) is 8.77. The molecule has 1 saturated heterocycles. The minimum atomic E-state index is -0.719. The SMILES string of the molecule is CCO[C@@H]1[C@@H](OC)[C@H](C)O[C@@H](O/N=C/c2ccc(-c3ncc(-c4ccc(C)cc4)cn3)cc2)[C@@H]1OC. The molecule has 5 atom stereocenters. The van der Waals surface area contributed by atoms with Gasteiger partial charge in [-0.1, -0.05) is 59.3 Å². The van der Waals surface area contributed by atoms with E-state index in [0.717, 1.165) is 22.3 Å². The van der Waals surface area contributed by atoms with Crippen LogP contribution >= 0.6 is 0 Å². The van der Waals surface area contributed by atoms with E-state index in [1.54, 1.807) is 20.4 Å². The molecule has 0 aliphatic carbocycles. The van der Waals surface area contributed by atoms with Gasteiger partial charge < -0.3 is 23.8 Å². The van der Waals surface area contributed by atoms with E-state index in [4.69, 9.17) is 23.8 Å². The quantitative estimate of drug-likeness (QED) is 0.318. The van der Waals surface area contributed by atoms with Crippen molar-refractivity contribution in [2.45, 2.75) is 51.5 Å². The van der Waals surface area contributed by atoms with Crippen LogP contribution in [0.3, 0.4) is 0 Å². The Morgan fingerprint density at radius 1 is 0.861 bits per heavy atom. The van der Waals surface area contributed by atoms with Crippen LogP contribution < -0.4 is 0 Å². The maximum Gasteiger partial charge on any atom is 0.256 e. The highest BCUT2D eigenvalue weighted by molar-refractivity contribution is 5.80. The second-order valence-corrected chi connectivity index (χ2v) is 8.65. The fourth-order valence-corrected chi connectivity index (χ4v) is 4.26. The number of aromatic nitrogens is 2. The summed E-state index contributed by atoms with van der Waals surface area (Å²) in [7, 11) is 3.23. The van der Waals surface area contributed by atoms with Crippen molar-refractivity contribution in [2.75, 3.05) is 20.8 Å². The van der Waals surface area contributed by atoms with Crippen molar-refractivity contribution in [2.24, 2.45) is 5.16 Å². The Hall–Kier alpha value is -3.17. The number of benzene rings is 2. The minimum Gasteiger partial charge on any atom is -0.376 e. The van der Waals surface area contributed by atoms with Gasteiger partial charge in [0.15, 0.2) is 11.9 Å². The van der Waals surface area contributed by atoms with Crippen molar-refractivity contribution >= 4 is 6.21 Å². The summed E-state index contributed by atoms with van der Waals surface area (Å²) in [5.74, 6) is 0.660. The lowest BCUT2D eigenvalue weighted by Gasteiger charge is -2.42. The van der Waals surface area contributed by atoms with E-state index in [9.17, 15) is 0 Å². The monoisotopic (exact) mass is 491 g/mol. The fraction of sp³-hybridized carbons (Fsp3) is 0.393. The first-order valence-electron chi connectivity index (χ1n) is 12.1. The zero-order valence-electron chi connectivity index (χ0n) is 21.3. The van der Waals surface area contributed by atoms with Gasteiger partial charge in [0.05, 0.1) is 12.3 Å². The second kappa shape index (κ2) is 12.2. The van der Waals surface area contributed by atoms with E-state index in [2.05, 4.69) is 46.3 Å². The topological polar surface area (TPSA) is 84.3 Å². The summed E-state index contributed by atoms with van der Waals surface area (Å²) < 4.78 is 23.0. The summed E-state index contributed by atoms with van der Waals surface area (Å²) in [6, 6.07) is 16.1. The number of nitrogens with zero attached hydrogens (tertiary/aromatic N) is 3. The Morgan fingerprint density at radius 2 is 1.50 bits per heavy atom. The highest BCUT2D eigenvalue weighted by Crippen LogP contribution is 2.28. The second-order valence-electron chi connectivity index (χ2n) is 8.65. The summed E-state index contributed by atoms with van der Waals surface area (Å²) >= 11 is 0. The largest absolute Gasteiger partial charge is 0.376 e. The van der Waals surface area contributed by atoms with Gasteiger partial charge in [0.1, 0.15) is 12.2 Å². The summed E-state index contributed by atoms with van der Waals surface area (Å²) in [5.41, 5.74) is 5.08. The molecule has 0 radical (unpaired) electrons. The van der Waals surface area contributed by atoms with Crippen molar-refractivity contribution in [3.8, 4) is 22.5 Å². The predicted molar refractivity (Wildman–Crippen MR) is 138 cm³/mol. The van der Waals surface area contributed by atoms with Gasteiger partial charge in [0.25, 0.3) is 6.29 Å². The van der Waals surface area contributed by atoms with Crippen molar-refractivity contribution < 1.29 is 23.8 Å². The number of hydrogen-bond acceptors (Lipinski definition) is 8. The Labute approximate surface area is 212 Å². The van der Waals surface area contributed by atoms with E-state index in [-0.39, 0.29) is 18.3 Å². The Balaban J connectivity index is 1.39. The number of hydrogen-bond donors (Lipinski definition) is 0. The molecule has 36 heavy (non-hydrogen) atoms. The maximum absolute atomic E-state index is 5.95. The van der Waals surface area contributed by atoms with Gasteiger partial charge in [0.2, 0.25) is 0 Å². The van der Waals surface area contributed by atoms with Gasteiger partial charge >= 0.3 is 0 Å². The van der Waals surface area contributed by atoms with E-state index < -0.39 is 12.4 Å². The first-order valence-corrected chi connectivity index (χ1v) is 12.1. The lowest BCUT2D eigenvalue weighted by molar-refractivity contribution is -0.308. The normalized spacial score (nSPS) is 24.2. The molecule has 0 amide bonds. The van der Waals surface area contributed by atoms with Crippen LogP contribution in [0.1, 0.15) is 25.0 Å². The summed E-state index contributed by atoms with van der Waals surface area (Å²) in [6.45, 7) is 6.44. The number of oxime groups is 1. The molecule has 8 nitrogen and oxygen atoms in total. The third kappa shape index (κ3) is 5.96. The third-order valence-corrected chi connectivity index (χ3v) is 6.20. The van der Waals surface area contributed by atoms with Crippen LogP contribution in [0.25, 0.3) is 22.5 Å². The number of aryl methyl sites for hydroxylation is 1. The first kappa shape index (κ1) is 25.9. The molecule has 0 bridgehead atoms. The third-order valence-electron chi connectivity index (χ3n) is 6.20. The van der Waals surface area contributed by atoms with Gasteiger partial charge in [-0.3, -0.25) is 0 Å². The summed E-state index contributed by atoms with van der Waals surface area (Å²) in [4.78, 5) is 14.7. The number of ether oxygens (including phenoxy) is 4.